The Kier molecular flexibility index (Phi) is 9.74. The van der Waals surface area contributed by atoms with E-state index in [9.17, 15) is 14.4 Å². The van der Waals surface area contributed by atoms with E-state index in [2.05, 4.69) is 16.0 Å². The SMILES string of the molecule is COc1ccc(/C=C(/NC(=O)c2ccccc2)C(=O)Nc2cccc(SC(C)C(=O)Nc3ccc4ccccc4c3)c2)cc1. The number of hydrogen-bond donors (Lipinski definition) is 3. The van der Waals surface area contributed by atoms with E-state index >= 15 is 0 Å². The molecule has 0 aromatic heterocycles. The first kappa shape index (κ1) is 30.1. The van der Waals surface area contributed by atoms with E-state index in [1.807, 2.05) is 61.5 Å². The number of methoxy groups -OCH3 is 1. The molecular weight excluding hydrogens is 570 g/mol. The Morgan fingerprint density at radius 2 is 1.43 bits per heavy atom. The molecule has 0 fully saturated rings. The molecule has 8 heteroatoms. The summed E-state index contributed by atoms with van der Waals surface area (Å²) in [6.07, 6.45) is 1.60. The monoisotopic (exact) mass is 601 g/mol. The largest absolute Gasteiger partial charge is 0.497 e. The Hall–Kier alpha value is -5.34. The van der Waals surface area contributed by atoms with E-state index in [4.69, 9.17) is 4.74 Å². The Morgan fingerprint density at radius 1 is 0.727 bits per heavy atom. The van der Waals surface area contributed by atoms with E-state index in [-0.39, 0.29) is 11.6 Å². The molecule has 0 bridgehead atoms. The summed E-state index contributed by atoms with van der Waals surface area (Å²) in [4.78, 5) is 40.2. The highest BCUT2D eigenvalue weighted by Gasteiger charge is 2.17. The zero-order valence-corrected chi connectivity index (χ0v) is 25.1. The van der Waals surface area contributed by atoms with Gasteiger partial charge in [-0.2, -0.15) is 0 Å². The molecule has 220 valence electrons. The lowest BCUT2D eigenvalue weighted by molar-refractivity contribution is -0.115. The van der Waals surface area contributed by atoms with E-state index in [0.29, 0.717) is 22.6 Å². The van der Waals surface area contributed by atoms with Crippen LogP contribution in [0.4, 0.5) is 11.4 Å². The van der Waals surface area contributed by atoms with Gasteiger partial charge in [-0.25, -0.2) is 0 Å². The number of rotatable bonds is 10. The second-order valence-corrected chi connectivity index (χ2v) is 11.4. The first-order valence-electron chi connectivity index (χ1n) is 14.0. The number of carbonyl (C=O) groups is 3. The predicted octanol–water partition coefficient (Wildman–Crippen LogP) is 7.38. The first-order valence-corrected chi connectivity index (χ1v) is 14.9. The van der Waals surface area contributed by atoms with Gasteiger partial charge in [0, 0.05) is 21.8 Å². The molecular formula is C36H31N3O4S. The van der Waals surface area contributed by atoms with Crippen LogP contribution < -0.4 is 20.7 Å². The van der Waals surface area contributed by atoms with Crippen LogP contribution in [-0.2, 0) is 9.59 Å². The molecule has 5 aromatic carbocycles. The molecule has 44 heavy (non-hydrogen) atoms. The van der Waals surface area contributed by atoms with Gasteiger partial charge in [0.2, 0.25) is 5.91 Å². The van der Waals surface area contributed by atoms with Crippen LogP contribution in [-0.4, -0.2) is 30.1 Å². The lowest BCUT2D eigenvalue weighted by Gasteiger charge is -2.14. The number of hydrogen-bond acceptors (Lipinski definition) is 5. The Labute approximate surface area is 260 Å². The number of fused-ring (bicyclic) bond motifs is 1. The predicted molar refractivity (Wildman–Crippen MR) is 178 cm³/mol. The topological polar surface area (TPSA) is 96.5 Å². The van der Waals surface area contributed by atoms with Gasteiger partial charge in [0.1, 0.15) is 11.4 Å². The summed E-state index contributed by atoms with van der Waals surface area (Å²) in [5, 5.41) is 10.4. The highest BCUT2D eigenvalue weighted by molar-refractivity contribution is 8.00. The Bertz CT molecular complexity index is 1820. The molecule has 3 N–H and O–H groups in total. The van der Waals surface area contributed by atoms with Gasteiger partial charge in [-0.3, -0.25) is 14.4 Å². The first-order chi connectivity index (χ1) is 21.4. The molecule has 0 spiro atoms. The van der Waals surface area contributed by atoms with E-state index in [0.717, 1.165) is 21.4 Å². The molecule has 0 aliphatic rings. The van der Waals surface area contributed by atoms with Crippen molar-refractivity contribution in [3.8, 4) is 5.75 Å². The number of amides is 3. The minimum atomic E-state index is -0.491. The molecule has 0 radical (unpaired) electrons. The van der Waals surface area contributed by atoms with Crippen LogP contribution in [0.2, 0.25) is 0 Å². The van der Waals surface area contributed by atoms with Crippen LogP contribution in [0, 0.1) is 0 Å². The average molecular weight is 602 g/mol. The van der Waals surface area contributed by atoms with Crippen molar-refractivity contribution in [1.82, 2.24) is 5.32 Å². The molecule has 0 saturated heterocycles. The maximum Gasteiger partial charge on any atom is 0.272 e. The van der Waals surface area contributed by atoms with Crippen LogP contribution >= 0.6 is 11.8 Å². The maximum absolute atomic E-state index is 13.5. The van der Waals surface area contributed by atoms with Gasteiger partial charge in [-0.15, -0.1) is 11.8 Å². The molecule has 5 rings (SSSR count). The van der Waals surface area contributed by atoms with Crippen molar-refractivity contribution in [1.29, 1.82) is 0 Å². The van der Waals surface area contributed by atoms with Gasteiger partial charge in [-0.05, 0) is 83.9 Å². The van der Waals surface area contributed by atoms with Gasteiger partial charge in [-0.1, -0.05) is 66.7 Å². The van der Waals surface area contributed by atoms with E-state index in [1.54, 1.807) is 79.9 Å². The van der Waals surface area contributed by atoms with Gasteiger partial charge in [0.25, 0.3) is 11.8 Å². The molecule has 0 saturated carbocycles. The van der Waals surface area contributed by atoms with Crippen LogP contribution in [0.25, 0.3) is 16.8 Å². The lowest BCUT2D eigenvalue weighted by atomic mass is 10.1. The van der Waals surface area contributed by atoms with E-state index in [1.165, 1.54) is 11.8 Å². The zero-order chi connectivity index (χ0) is 30.9. The van der Waals surface area contributed by atoms with E-state index < -0.39 is 17.1 Å². The van der Waals surface area contributed by atoms with Gasteiger partial charge < -0.3 is 20.7 Å². The van der Waals surface area contributed by atoms with Crippen molar-refractivity contribution < 1.29 is 19.1 Å². The molecule has 1 atom stereocenters. The Morgan fingerprint density at radius 3 is 2.18 bits per heavy atom. The van der Waals surface area contributed by atoms with Crippen LogP contribution in [0.5, 0.6) is 5.75 Å². The van der Waals surface area contributed by atoms with Gasteiger partial charge in [0.05, 0.1) is 12.4 Å². The van der Waals surface area contributed by atoms with Gasteiger partial charge in [0.15, 0.2) is 0 Å². The van der Waals surface area contributed by atoms with Crippen LogP contribution in [0.1, 0.15) is 22.8 Å². The minimum absolute atomic E-state index is 0.0743. The summed E-state index contributed by atoms with van der Waals surface area (Å²) in [5.74, 6) is -0.352. The average Bonchev–Trinajstić information content (AvgIpc) is 3.05. The summed E-state index contributed by atoms with van der Waals surface area (Å²) in [7, 11) is 1.58. The lowest BCUT2D eigenvalue weighted by Crippen LogP contribution is -2.30. The molecule has 5 aromatic rings. The van der Waals surface area contributed by atoms with Gasteiger partial charge >= 0.3 is 0 Å². The normalized spacial score (nSPS) is 11.8. The Balaban J connectivity index is 1.28. The number of thioether (sulfide) groups is 1. The second kappa shape index (κ2) is 14.2. The standard InChI is InChI=1S/C36H31N3O4S/c1-24(34(40)37-30-18-17-26-9-6-7-12-28(26)22-30)44-32-14-8-13-29(23-32)38-36(42)33(21-25-15-19-31(43-2)20-16-25)39-35(41)27-10-4-3-5-11-27/h3-24H,1-2H3,(H,37,40)(H,38,42)(H,39,41)/b33-21+. The fourth-order valence-corrected chi connectivity index (χ4v) is 5.35. The van der Waals surface area contributed by atoms with Crippen molar-refractivity contribution in [3.05, 3.63) is 138 Å². The summed E-state index contributed by atoms with van der Waals surface area (Å²) < 4.78 is 5.22. The smallest absolute Gasteiger partial charge is 0.272 e. The molecule has 3 amide bonds. The summed E-state index contributed by atoms with van der Waals surface area (Å²) in [6, 6.07) is 36.9. The molecule has 0 aliphatic carbocycles. The molecule has 1 unspecified atom stereocenters. The molecule has 0 heterocycles. The highest BCUT2D eigenvalue weighted by atomic mass is 32.2. The number of carbonyl (C=O) groups excluding carboxylic acids is 3. The maximum atomic E-state index is 13.5. The summed E-state index contributed by atoms with van der Waals surface area (Å²) in [5.41, 5.74) is 2.47. The minimum Gasteiger partial charge on any atom is -0.497 e. The zero-order valence-electron chi connectivity index (χ0n) is 24.2. The third kappa shape index (κ3) is 7.93. The van der Waals surface area contributed by atoms with Crippen molar-refractivity contribution >= 4 is 57.7 Å². The quantitative estimate of drug-likeness (QED) is 0.115. The highest BCUT2D eigenvalue weighted by Crippen LogP contribution is 2.27. The number of nitrogens with one attached hydrogen (secondary N) is 3. The van der Waals surface area contributed by atoms with Crippen molar-refractivity contribution in [2.45, 2.75) is 17.1 Å². The van der Waals surface area contributed by atoms with Crippen molar-refractivity contribution in [2.24, 2.45) is 0 Å². The fourth-order valence-electron chi connectivity index (χ4n) is 4.42. The van der Waals surface area contributed by atoms with Crippen molar-refractivity contribution in [2.75, 3.05) is 17.7 Å². The number of anilines is 2. The molecule has 7 nitrogen and oxygen atoms in total. The van der Waals surface area contributed by atoms with Crippen LogP contribution in [0.3, 0.4) is 0 Å². The van der Waals surface area contributed by atoms with Crippen LogP contribution in [0.15, 0.2) is 132 Å². The summed E-state index contributed by atoms with van der Waals surface area (Å²) in [6.45, 7) is 1.83. The fraction of sp³-hybridized carbons (Fsp3) is 0.0833. The third-order valence-electron chi connectivity index (χ3n) is 6.75. The summed E-state index contributed by atoms with van der Waals surface area (Å²) >= 11 is 1.38. The number of benzene rings is 5. The third-order valence-corrected chi connectivity index (χ3v) is 7.84. The number of ether oxygens (including phenoxy) is 1. The second-order valence-electron chi connectivity index (χ2n) is 9.94. The van der Waals surface area contributed by atoms with Crippen molar-refractivity contribution in [3.63, 3.8) is 0 Å². The molecule has 0 aliphatic heterocycles.